The summed E-state index contributed by atoms with van der Waals surface area (Å²) in [6, 6.07) is 35.9. The zero-order valence-corrected chi connectivity index (χ0v) is 28.2. The summed E-state index contributed by atoms with van der Waals surface area (Å²) in [7, 11) is 0. The summed E-state index contributed by atoms with van der Waals surface area (Å²) in [5, 5.41) is 4.42. The number of rotatable bonds is 4. The summed E-state index contributed by atoms with van der Waals surface area (Å²) in [5.74, 6) is 0.713. The molecule has 0 saturated heterocycles. The van der Waals surface area contributed by atoms with E-state index in [1.807, 2.05) is 97.1 Å². The lowest BCUT2D eigenvalue weighted by Gasteiger charge is -2.08. The lowest BCUT2D eigenvalue weighted by Crippen LogP contribution is -2.00. The van der Waals surface area contributed by atoms with Gasteiger partial charge < -0.3 is 4.42 Å². The molecule has 6 heteroatoms. The van der Waals surface area contributed by atoms with Crippen LogP contribution in [0, 0.1) is 0 Å². The predicted octanol–water partition coefficient (Wildman–Crippen LogP) is 13.2. The molecule has 11 rings (SSSR count). The molecular formula is C45H25N3OS2. The Morgan fingerprint density at radius 1 is 0.451 bits per heavy atom. The zero-order chi connectivity index (χ0) is 38.7. The molecule has 0 aliphatic rings. The van der Waals surface area contributed by atoms with Crippen LogP contribution < -0.4 is 0 Å². The third-order valence-electron chi connectivity index (χ3n) is 9.25. The first-order valence-electron chi connectivity index (χ1n) is 19.4. The molecule has 0 spiro atoms. The number of hydrogen-bond donors (Lipinski definition) is 0. The van der Waals surface area contributed by atoms with Gasteiger partial charge in [0.1, 0.15) is 11.2 Å². The number of hydrogen-bond acceptors (Lipinski definition) is 6. The molecule has 0 unspecified atom stereocenters. The van der Waals surface area contributed by atoms with Crippen molar-refractivity contribution < 1.29 is 12.6 Å². The van der Waals surface area contributed by atoms with Crippen LogP contribution in [0.2, 0.25) is 0 Å². The summed E-state index contributed by atoms with van der Waals surface area (Å²) in [6.07, 6.45) is 0. The summed E-state index contributed by atoms with van der Waals surface area (Å²) in [4.78, 5) is 14.6. The molecule has 0 saturated carbocycles. The van der Waals surface area contributed by atoms with Crippen LogP contribution in [0.25, 0.3) is 108 Å². The van der Waals surface area contributed by atoms with Crippen molar-refractivity contribution in [2.24, 2.45) is 0 Å². The minimum absolute atomic E-state index is 0.0223. The maximum Gasteiger partial charge on any atom is 0.164 e. The van der Waals surface area contributed by atoms with Gasteiger partial charge in [-0.05, 0) is 60.1 Å². The number of furan rings is 1. The van der Waals surface area contributed by atoms with E-state index < -0.39 is 0 Å². The summed E-state index contributed by atoms with van der Waals surface area (Å²) in [5.41, 5.74) is 2.39. The Kier molecular flexibility index (Phi) is 5.08. The minimum atomic E-state index is -0.331. The number of benzene rings is 7. The molecule has 4 nitrogen and oxygen atoms in total. The number of fused-ring (bicyclic) bond motifs is 9. The molecular weight excluding hydrogens is 663 g/mol. The fraction of sp³-hybridized carbons (Fsp3) is 0. The van der Waals surface area contributed by atoms with Crippen LogP contribution in [0.1, 0.15) is 8.22 Å². The van der Waals surface area contributed by atoms with E-state index in [1.54, 1.807) is 22.7 Å². The molecule has 0 aliphatic heterocycles. The number of para-hydroxylation sites is 1. The number of thiophene rings is 2. The second-order valence-corrected chi connectivity index (χ2v) is 14.5. The Bertz CT molecular complexity index is 3510. The second kappa shape index (κ2) is 11.2. The predicted molar refractivity (Wildman–Crippen MR) is 215 cm³/mol. The van der Waals surface area contributed by atoms with Crippen LogP contribution in [0.3, 0.4) is 0 Å². The fourth-order valence-electron chi connectivity index (χ4n) is 6.81. The van der Waals surface area contributed by atoms with Crippen molar-refractivity contribution in [3.05, 3.63) is 152 Å². The van der Waals surface area contributed by atoms with Crippen LogP contribution in [-0.4, -0.2) is 15.0 Å². The van der Waals surface area contributed by atoms with Gasteiger partial charge in [-0.1, -0.05) is 97.0 Å². The molecule has 11 aromatic rings. The van der Waals surface area contributed by atoms with Gasteiger partial charge in [-0.3, -0.25) is 0 Å². The van der Waals surface area contributed by atoms with Crippen molar-refractivity contribution in [2.45, 2.75) is 0 Å². The average molecular weight is 694 g/mol. The Labute approximate surface area is 308 Å². The van der Waals surface area contributed by atoms with E-state index in [4.69, 9.17) is 23.5 Å². The van der Waals surface area contributed by atoms with E-state index in [-0.39, 0.29) is 75.1 Å². The smallest absolute Gasteiger partial charge is 0.164 e. The van der Waals surface area contributed by atoms with Crippen molar-refractivity contribution in [1.29, 1.82) is 0 Å². The van der Waals surface area contributed by atoms with E-state index in [0.717, 1.165) is 41.2 Å². The van der Waals surface area contributed by atoms with Crippen molar-refractivity contribution in [3.8, 4) is 45.3 Å². The van der Waals surface area contributed by atoms with Crippen LogP contribution in [-0.2, 0) is 0 Å². The largest absolute Gasteiger partial charge is 0.455 e. The highest BCUT2D eigenvalue weighted by atomic mass is 32.1. The average Bonchev–Trinajstić information content (AvgIpc) is 3.94. The van der Waals surface area contributed by atoms with Crippen LogP contribution in [0.4, 0.5) is 0 Å². The highest BCUT2D eigenvalue weighted by Crippen LogP contribution is 2.41. The molecule has 0 fully saturated rings. The van der Waals surface area contributed by atoms with Gasteiger partial charge in [-0.25, -0.2) is 15.0 Å². The Morgan fingerprint density at radius 3 is 1.76 bits per heavy atom. The molecule has 0 radical (unpaired) electrons. The van der Waals surface area contributed by atoms with E-state index in [0.29, 0.717) is 22.8 Å². The van der Waals surface area contributed by atoms with E-state index in [9.17, 15) is 4.11 Å². The van der Waals surface area contributed by atoms with Gasteiger partial charge in [0.05, 0.1) is 8.22 Å². The van der Waals surface area contributed by atoms with Crippen molar-refractivity contribution in [1.82, 2.24) is 15.0 Å². The second-order valence-electron chi connectivity index (χ2n) is 12.3. The SMILES string of the molecule is [2H]c1c([2H])c([2H])c2c(oc3c([2H])c(-c4nc(-c5ccccc5)nc(-c5ccc6sc7ccccc7c6c5)n4)c([2H])c([2H])c32)c1-c1ccc2sc3ccccc3c2c1. The molecule has 7 aromatic carbocycles. The van der Waals surface area contributed by atoms with Gasteiger partial charge in [-0.2, -0.15) is 0 Å². The lowest BCUT2D eigenvalue weighted by molar-refractivity contribution is 0.670. The minimum Gasteiger partial charge on any atom is -0.455 e. The molecule has 0 atom stereocenters. The van der Waals surface area contributed by atoms with Gasteiger partial charge in [0.25, 0.3) is 0 Å². The van der Waals surface area contributed by atoms with Crippen molar-refractivity contribution in [3.63, 3.8) is 0 Å². The highest BCUT2D eigenvalue weighted by Gasteiger charge is 2.18. The van der Waals surface area contributed by atoms with E-state index in [2.05, 4.69) is 18.2 Å². The van der Waals surface area contributed by atoms with Gasteiger partial charge in [-0.15, -0.1) is 22.7 Å². The maximum absolute atomic E-state index is 9.56. The quantitative estimate of drug-likeness (QED) is 0.184. The Balaban J connectivity index is 1.16. The molecule has 51 heavy (non-hydrogen) atoms. The van der Waals surface area contributed by atoms with Crippen LogP contribution in [0.15, 0.2) is 156 Å². The van der Waals surface area contributed by atoms with Crippen LogP contribution >= 0.6 is 22.7 Å². The normalized spacial score (nSPS) is 13.6. The third kappa shape index (κ3) is 4.61. The lowest BCUT2D eigenvalue weighted by atomic mass is 10.00. The highest BCUT2D eigenvalue weighted by molar-refractivity contribution is 7.26. The Morgan fingerprint density at radius 2 is 1.04 bits per heavy atom. The fourth-order valence-corrected chi connectivity index (χ4v) is 8.98. The molecule has 4 heterocycles. The Hall–Kier alpha value is -6.21. The zero-order valence-electron chi connectivity index (χ0n) is 32.5. The van der Waals surface area contributed by atoms with E-state index in [1.165, 1.54) is 4.70 Å². The van der Waals surface area contributed by atoms with Gasteiger partial charge >= 0.3 is 0 Å². The molecule has 4 aromatic heterocycles. The summed E-state index contributed by atoms with van der Waals surface area (Å²) >= 11 is 3.37. The molecule has 0 N–H and O–H groups in total. The first-order chi connectivity index (χ1) is 27.7. The van der Waals surface area contributed by atoms with Gasteiger partial charge in [0, 0.05) is 73.4 Å². The van der Waals surface area contributed by atoms with Crippen molar-refractivity contribution >= 4 is 85.0 Å². The topological polar surface area (TPSA) is 51.8 Å². The maximum atomic E-state index is 9.56. The first-order valence-corrected chi connectivity index (χ1v) is 18.0. The molecule has 0 amide bonds. The number of aromatic nitrogens is 3. The number of nitrogens with zero attached hydrogens (tertiary/aromatic N) is 3. The standard InChI is InChI=1S/C45H25N3OS2/c1-2-9-26(10-3-1)43-46-44(28-19-22-41-36(24-28)33-12-5-7-16-39(33)51-41)48-45(47-43)29-17-20-31-34-14-8-13-30(42(34)49-37(31)25-29)27-18-21-40-35(23-27)32-11-4-6-15-38(32)50-40/h1-25H/i8D,13D,14D,17D,20D,25D. The van der Waals surface area contributed by atoms with Crippen LogP contribution in [0.5, 0.6) is 0 Å². The van der Waals surface area contributed by atoms with E-state index >= 15 is 0 Å². The summed E-state index contributed by atoms with van der Waals surface area (Å²) < 4.78 is 66.1. The van der Waals surface area contributed by atoms with Gasteiger partial charge in [0.2, 0.25) is 0 Å². The molecule has 0 aliphatic carbocycles. The summed E-state index contributed by atoms with van der Waals surface area (Å²) in [6.45, 7) is 0. The molecule has 238 valence electrons. The third-order valence-corrected chi connectivity index (χ3v) is 11.6. The molecule has 0 bridgehead atoms. The monoisotopic (exact) mass is 693 g/mol. The van der Waals surface area contributed by atoms with Crippen molar-refractivity contribution in [2.75, 3.05) is 0 Å². The first kappa shape index (κ1) is 23.2. The van der Waals surface area contributed by atoms with Gasteiger partial charge in [0.15, 0.2) is 17.5 Å².